The molecule has 1 N–H and O–H groups in total. The maximum Gasteiger partial charge on any atom is 0.122 e. The SMILES string of the molecule is COc1ccc(OC)c(C(C)C)c1CCN1CCNCC1. The van der Waals surface area contributed by atoms with Crippen LogP contribution in [0, 0.1) is 0 Å². The Morgan fingerprint density at radius 3 is 2.29 bits per heavy atom. The highest BCUT2D eigenvalue weighted by Crippen LogP contribution is 2.36. The Kier molecular flexibility index (Phi) is 5.88. The zero-order valence-corrected chi connectivity index (χ0v) is 13.7. The molecule has 0 amide bonds. The molecule has 1 aliphatic rings. The number of hydrogen-bond acceptors (Lipinski definition) is 4. The smallest absolute Gasteiger partial charge is 0.122 e. The van der Waals surface area contributed by atoms with E-state index in [1.807, 2.05) is 12.1 Å². The molecule has 1 saturated heterocycles. The highest BCUT2D eigenvalue weighted by Gasteiger charge is 2.19. The number of ether oxygens (including phenoxy) is 2. The first-order valence-corrected chi connectivity index (χ1v) is 7.84. The Balaban J connectivity index is 2.21. The standard InChI is InChI=1S/C17H28N2O2/c1-13(2)17-14(7-10-19-11-8-18-9-12-19)15(20-3)5-6-16(17)21-4/h5-6,13,18H,7-12H2,1-4H3. The Morgan fingerprint density at radius 1 is 1.10 bits per heavy atom. The molecule has 1 aromatic carbocycles. The fourth-order valence-electron chi connectivity index (χ4n) is 3.09. The molecule has 0 aromatic heterocycles. The van der Waals surface area contributed by atoms with Crippen LogP contribution in [0.4, 0.5) is 0 Å². The van der Waals surface area contributed by atoms with Gasteiger partial charge in [-0.2, -0.15) is 0 Å². The number of hydrogen-bond donors (Lipinski definition) is 1. The average molecular weight is 292 g/mol. The summed E-state index contributed by atoms with van der Waals surface area (Å²) in [6.45, 7) is 9.94. The first-order chi connectivity index (χ1) is 10.2. The summed E-state index contributed by atoms with van der Waals surface area (Å²) in [7, 11) is 3.49. The Labute approximate surface area is 128 Å². The van der Waals surface area contributed by atoms with Gasteiger partial charge in [0, 0.05) is 43.9 Å². The molecule has 0 bridgehead atoms. The molecule has 118 valence electrons. The second kappa shape index (κ2) is 7.66. The minimum Gasteiger partial charge on any atom is -0.496 e. The second-order valence-electron chi connectivity index (χ2n) is 5.86. The van der Waals surface area contributed by atoms with Crippen molar-refractivity contribution in [2.24, 2.45) is 0 Å². The summed E-state index contributed by atoms with van der Waals surface area (Å²) in [5.41, 5.74) is 2.58. The maximum absolute atomic E-state index is 5.59. The van der Waals surface area contributed by atoms with Crippen LogP contribution in [0.1, 0.15) is 30.9 Å². The normalized spacial score (nSPS) is 16.2. The predicted molar refractivity (Wildman–Crippen MR) is 86.6 cm³/mol. The van der Waals surface area contributed by atoms with E-state index in [1.54, 1.807) is 14.2 Å². The van der Waals surface area contributed by atoms with E-state index in [1.165, 1.54) is 11.1 Å². The van der Waals surface area contributed by atoms with Gasteiger partial charge in [0.2, 0.25) is 0 Å². The topological polar surface area (TPSA) is 33.7 Å². The van der Waals surface area contributed by atoms with Crippen molar-refractivity contribution in [3.8, 4) is 11.5 Å². The van der Waals surface area contributed by atoms with Gasteiger partial charge < -0.3 is 19.7 Å². The molecule has 0 radical (unpaired) electrons. The molecule has 0 atom stereocenters. The third-order valence-electron chi connectivity index (χ3n) is 4.18. The number of benzene rings is 1. The van der Waals surface area contributed by atoms with Crippen LogP contribution in [0.5, 0.6) is 11.5 Å². The van der Waals surface area contributed by atoms with Gasteiger partial charge in [0.15, 0.2) is 0 Å². The van der Waals surface area contributed by atoms with Crippen LogP contribution >= 0.6 is 0 Å². The van der Waals surface area contributed by atoms with Crippen LogP contribution in [0.15, 0.2) is 12.1 Å². The molecule has 1 aliphatic heterocycles. The summed E-state index contributed by atoms with van der Waals surface area (Å²) in [6, 6.07) is 4.04. The van der Waals surface area contributed by atoms with Crippen LogP contribution in [0.2, 0.25) is 0 Å². The largest absolute Gasteiger partial charge is 0.496 e. The number of nitrogens with zero attached hydrogens (tertiary/aromatic N) is 1. The van der Waals surface area contributed by atoms with Crippen molar-refractivity contribution in [2.75, 3.05) is 46.9 Å². The van der Waals surface area contributed by atoms with Crippen molar-refractivity contribution in [1.82, 2.24) is 10.2 Å². The minimum atomic E-state index is 0.424. The summed E-state index contributed by atoms with van der Waals surface area (Å²) in [4.78, 5) is 2.51. The van der Waals surface area contributed by atoms with Crippen LogP contribution < -0.4 is 14.8 Å². The van der Waals surface area contributed by atoms with Crippen LogP contribution in [0.3, 0.4) is 0 Å². The first kappa shape index (κ1) is 16.1. The molecule has 0 spiro atoms. The molecule has 4 nitrogen and oxygen atoms in total. The Bertz CT molecular complexity index is 454. The molecule has 21 heavy (non-hydrogen) atoms. The van der Waals surface area contributed by atoms with Crippen molar-refractivity contribution >= 4 is 0 Å². The fourth-order valence-corrected chi connectivity index (χ4v) is 3.09. The lowest BCUT2D eigenvalue weighted by Crippen LogP contribution is -2.44. The van der Waals surface area contributed by atoms with Gasteiger partial charge in [-0.1, -0.05) is 13.8 Å². The van der Waals surface area contributed by atoms with Crippen molar-refractivity contribution in [3.63, 3.8) is 0 Å². The molecule has 4 heteroatoms. The van der Waals surface area contributed by atoms with Gasteiger partial charge in [0.25, 0.3) is 0 Å². The Morgan fingerprint density at radius 2 is 1.71 bits per heavy atom. The maximum atomic E-state index is 5.59. The molecule has 1 heterocycles. The van der Waals surface area contributed by atoms with Gasteiger partial charge in [-0.05, 0) is 24.5 Å². The highest BCUT2D eigenvalue weighted by atomic mass is 16.5. The molecule has 0 unspecified atom stereocenters. The van der Waals surface area contributed by atoms with E-state index in [9.17, 15) is 0 Å². The molecule has 1 aromatic rings. The predicted octanol–water partition coefficient (Wildman–Crippen LogP) is 2.27. The summed E-state index contributed by atoms with van der Waals surface area (Å²) >= 11 is 0. The van der Waals surface area contributed by atoms with Crippen LogP contribution in [0.25, 0.3) is 0 Å². The number of piperazine rings is 1. The van der Waals surface area contributed by atoms with E-state index in [0.717, 1.165) is 50.6 Å². The minimum absolute atomic E-state index is 0.424. The lowest BCUT2D eigenvalue weighted by atomic mass is 9.93. The summed E-state index contributed by atoms with van der Waals surface area (Å²) in [5.74, 6) is 2.38. The summed E-state index contributed by atoms with van der Waals surface area (Å²) in [5, 5.41) is 3.40. The van der Waals surface area contributed by atoms with E-state index in [4.69, 9.17) is 9.47 Å². The molecular formula is C17H28N2O2. The molecular weight excluding hydrogens is 264 g/mol. The third kappa shape index (κ3) is 3.89. The third-order valence-corrected chi connectivity index (χ3v) is 4.18. The van der Waals surface area contributed by atoms with E-state index < -0.39 is 0 Å². The van der Waals surface area contributed by atoms with Gasteiger partial charge in [-0.3, -0.25) is 0 Å². The van der Waals surface area contributed by atoms with Crippen LogP contribution in [-0.4, -0.2) is 51.8 Å². The number of rotatable bonds is 6. The van der Waals surface area contributed by atoms with Crippen LogP contribution in [-0.2, 0) is 6.42 Å². The lowest BCUT2D eigenvalue weighted by Gasteiger charge is -2.28. The van der Waals surface area contributed by atoms with E-state index in [-0.39, 0.29) is 0 Å². The van der Waals surface area contributed by atoms with Crippen molar-refractivity contribution in [3.05, 3.63) is 23.3 Å². The summed E-state index contributed by atoms with van der Waals surface area (Å²) < 4.78 is 11.1. The first-order valence-electron chi connectivity index (χ1n) is 7.84. The van der Waals surface area contributed by atoms with Gasteiger partial charge in [0.05, 0.1) is 14.2 Å². The Hall–Kier alpha value is -1.26. The van der Waals surface area contributed by atoms with E-state index in [2.05, 4.69) is 24.1 Å². The molecule has 0 aliphatic carbocycles. The quantitative estimate of drug-likeness (QED) is 0.872. The zero-order valence-electron chi connectivity index (χ0n) is 13.7. The monoisotopic (exact) mass is 292 g/mol. The number of methoxy groups -OCH3 is 2. The van der Waals surface area contributed by atoms with Gasteiger partial charge in [-0.15, -0.1) is 0 Å². The van der Waals surface area contributed by atoms with Gasteiger partial charge >= 0.3 is 0 Å². The van der Waals surface area contributed by atoms with Gasteiger partial charge in [0.1, 0.15) is 11.5 Å². The summed E-state index contributed by atoms with van der Waals surface area (Å²) in [6.07, 6.45) is 1.01. The van der Waals surface area contributed by atoms with E-state index in [0.29, 0.717) is 5.92 Å². The molecule has 1 fully saturated rings. The molecule has 0 saturated carbocycles. The van der Waals surface area contributed by atoms with Crippen molar-refractivity contribution < 1.29 is 9.47 Å². The highest BCUT2D eigenvalue weighted by molar-refractivity contribution is 5.50. The molecule has 2 rings (SSSR count). The fraction of sp³-hybridized carbons (Fsp3) is 0.647. The second-order valence-corrected chi connectivity index (χ2v) is 5.86. The van der Waals surface area contributed by atoms with Crippen molar-refractivity contribution in [1.29, 1.82) is 0 Å². The average Bonchev–Trinajstić information content (AvgIpc) is 2.52. The van der Waals surface area contributed by atoms with Crippen molar-refractivity contribution in [2.45, 2.75) is 26.2 Å². The van der Waals surface area contributed by atoms with E-state index >= 15 is 0 Å². The number of nitrogens with one attached hydrogen (secondary N) is 1. The van der Waals surface area contributed by atoms with Gasteiger partial charge in [-0.25, -0.2) is 0 Å². The zero-order chi connectivity index (χ0) is 15.2. The lowest BCUT2D eigenvalue weighted by molar-refractivity contribution is 0.242.